The molecule has 5 heteroatoms. The Bertz CT molecular complexity index is 644. The van der Waals surface area contributed by atoms with Crippen molar-refractivity contribution in [2.75, 3.05) is 7.05 Å². The van der Waals surface area contributed by atoms with Crippen LogP contribution in [-0.2, 0) is 4.79 Å². The molecule has 2 heterocycles. The van der Waals surface area contributed by atoms with Crippen LogP contribution >= 0.6 is 11.8 Å². The molecule has 0 fully saturated rings. The average Bonchev–Trinajstić information content (AvgIpc) is 2.91. The standard InChI is InChI=1S/C14H11N3OS/c1-15-12-11(9-10-5-3-2-4-6-10)13(18)17-7-8-19-14(17)16-12/h2-9H,1H3. The van der Waals surface area contributed by atoms with Gasteiger partial charge in [0.25, 0.3) is 5.91 Å². The molecule has 0 unspecified atom stereocenters. The quantitative estimate of drug-likeness (QED) is 0.735. The smallest absolute Gasteiger partial charge is 0.267 e. The molecular weight excluding hydrogens is 258 g/mol. The molecule has 0 atom stereocenters. The molecule has 0 spiro atoms. The zero-order valence-corrected chi connectivity index (χ0v) is 11.1. The maximum absolute atomic E-state index is 12.4. The van der Waals surface area contributed by atoms with Crippen LogP contribution in [0, 0.1) is 0 Å². The summed E-state index contributed by atoms with van der Waals surface area (Å²) in [6, 6.07) is 9.70. The lowest BCUT2D eigenvalue weighted by molar-refractivity contribution is -0.121. The lowest BCUT2D eigenvalue weighted by Gasteiger charge is -2.21. The summed E-state index contributed by atoms with van der Waals surface area (Å²) >= 11 is 1.42. The number of aliphatic imine (C=N–C) groups is 2. The highest BCUT2D eigenvalue weighted by Gasteiger charge is 2.32. The summed E-state index contributed by atoms with van der Waals surface area (Å²) in [6.45, 7) is 0. The third kappa shape index (κ3) is 2.13. The summed E-state index contributed by atoms with van der Waals surface area (Å²) < 4.78 is 0. The van der Waals surface area contributed by atoms with Crippen LogP contribution in [-0.4, -0.2) is 28.9 Å². The van der Waals surface area contributed by atoms with Gasteiger partial charge in [-0.2, -0.15) is 0 Å². The average molecular weight is 269 g/mol. The number of fused-ring (bicyclic) bond motifs is 1. The van der Waals surface area contributed by atoms with E-state index in [4.69, 9.17) is 0 Å². The van der Waals surface area contributed by atoms with E-state index in [1.807, 2.05) is 41.8 Å². The topological polar surface area (TPSA) is 45.0 Å². The predicted octanol–water partition coefficient (Wildman–Crippen LogP) is 2.51. The molecule has 1 aromatic carbocycles. The van der Waals surface area contributed by atoms with Crippen molar-refractivity contribution in [1.82, 2.24) is 4.90 Å². The van der Waals surface area contributed by atoms with Gasteiger partial charge in [-0.15, -0.1) is 0 Å². The summed E-state index contributed by atoms with van der Waals surface area (Å²) in [7, 11) is 1.65. The van der Waals surface area contributed by atoms with Crippen molar-refractivity contribution < 1.29 is 4.79 Å². The first kappa shape index (κ1) is 11.9. The first-order valence-corrected chi connectivity index (χ1v) is 6.67. The van der Waals surface area contributed by atoms with Crippen LogP contribution in [0.2, 0.25) is 0 Å². The van der Waals surface area contributed by atoms with Gasteiger partial charge in [0.1, 0.15) is 0 Å². The van der Waals surface area contributed by atoms with Crippen LogP contribution in [0.1, 0.15) is 5.56 Å². The third-order valence-electron chi connectivity index (χ3n) is 2.80. The summed E-state index contributed by atoms with van der Waals surface area (Å²) in [4.78, 5) is 22.5. The van der Waals surface area contributed by atoms with E-state index < -0.39 is 0 Å². The van der Waals surface area contributed by atoms with Gasteiger partial charge in [0.05, 0.1) is 5.57 Å². The van der Waals surface area contributed by atoms with Gasteiger partial charge >= 0.3 is 0 Å². The Morgan fingerprint density at radius 3 is 2.84 bits per heavy atom. The Kier molecular flexibility index (Phi) is 3.05. The molecule has 0 radical (unpaired) electrons. The molecule has 2 aliphatic rings. The monoisotopic (exact) mass is 269 g/mol. The Labute approximate surface area is 115 Å². The number of amidine groups is 2. The van der Waals surface area contributed by atoms with Gasteiger partial charge in [-0.25, -0.2) is 4.99 Å². The van der Waals surface area contributed by atoms with Crippen molar-refractivity contribution in [3.05, 3.63) is 53.1 Å². The van der Waals surface area contributed by atoms with Crippen LogP contribution in [0.15, 0.2) is 57.5 Å². The third-order valence-corrected chi connectivity index (χ3v) is 3.56. The molecule has 0 saturated heterocycles. The highest BCUT2D eigenvalue weighted by molar-refractivity contribution is 8.16. The fourth-order valence-electron chi connectivity index (χ4n) is 1.90. The van der Waals surface area contributed by atoms with Crippen LogP contribution in [0.25, 0.3) is 6.08 Å². The summed E-state index contributed by atoms with van der Waals surface area (Å²) in [5.41, 5.74) is 1.48. The van der Waals surface area contributed by atoms with E-state index in [-0.39, 0.29) is 5.91 Å². The molecule has 0 aromatic heterocycles. The zero-order chi connectivity index (χ0) is 13.2. The second kappa shape index (κ2) is 4.85. The normalized spacial score (nSPS) is 22.1. The first-order chi connectivity index (χ1) is 9.29. The van der Waals surface area contributed by atoms with E-state index >= 15 is 0 Å². The second-order valence-electron chi connectivity index (χ2n) is 3.99. The number of rotatable bonds is 1. The van der Waals surface area contributed by atoms with Crippen molar-refractivity contribution in [2.45, 2.75) is 0 Å². The fraction of sp³-hybridized carbons (Fsp3) is 0.0714. The number of benzene rings is 1. The Balaban J connectivity index is 2.08. The van der Waals surface area contributed by atoms with Gasteiger partial charge in [0.15, 0.2) is 11.0 Å². The Morgan fingerprint density at radius 1 is 1.32 bits per heavy atom. The number of hydrogen-bond acceptors (Lipinski definition) is 3. The molecule has 2 aliphatic heterocycles. The molecule has 19 heavy (non-hydrogen) atoms. The molecule has 4 nitrogen and oxygen atoms in total. The van der Waals surface area contributed by atoms with Crippen LogP contribution in [0.4, 0.5) is 0 Å². The Morgan fingerprint density at radius 2 is 2.11 bits per heavy atom. The number of thioether (sulfide) groups is 1. The molecule has 0 saturated carbocycles. The van der Waals surface area contributed by atoms with Crippen LogP contribution < -0.4 is 0 Å². The lowest BCUT2D eigenvalue weighted by Crippen LogP contribution is -2.36. The largest absolute Gasteiger partial charge is 0.269 e. The van der Waals surface area contributed by atoms with Crippen molar-refractivity contribution >= 4 is 34.7 Å². The number of nitrogens with zero attached hydrogens (tertiary/aromatic N) is 3. The molecule has 94 valence electrons. The van der Waals surface area contributed by atoms with Crippen molar-refractivity contribution in [3.8, 4) is 0 Å². The molecule has 1 aromatic rings. The lowest BCUT2D eigenvalue weighted by atomic mass is 10.1. The minimum absolute atomic E-state index is 0.0873. The minimum atomic E-state index is -0.0873. The van der Waals surface area contributed by atoms with Gasteiger partial charge in [-0.3, -0.25) is 14.7 Å². The van der Waals surface area contributed by atoms with Gasteiger partial charge in [-0.1, -0.05) is 42.1 Å². The molecule has 3 rings (SSSR count). The van der Waals surface area contributed by atoms with E-state index in [1.54, 1.807) is 18.1 Å². The first-order valence-electron chi connectivity index (χ1n) is 5.79. The highest BCUT2D eigenvalue weighted by atomic mass is 32.2. The molecule has 0 aliphatic carbocycles. The SMILES string of the molecule is CN=C1N=C2SC=CN2C(=O)C1=Cc1ccccc1. The zero-order valence-electron chi connectivity index (χ0n) is 10.3. The summed E-state index contributed by atoms with van der Waals surface area (Å²) in [5, 5.41) is 2.51. The molecule has 0 bridgehead atoms. The van der Waals surface area contributed by atoms with Gasteiger partial charge in [0.2, 0.25) is 0 Å². The van der Waals surface area contributed by atoms with Gasteiger partial charge in [-0.05, 0) is 17.0 Å². The number of carbonyl (C=O) groups is 1. The molecule has 0 N–H and O–H groups in total. The fourth-order valence-corrected chi connectivity index (χ4v) is 2.60. The maximum atomic E-state index is 12.4. The van der Waals surface area contributed by atoms with E-state index in [2.05, 4.69) is 9.98 Å². The van der Waals surface area contributed by atoms with E-state index in [0.717, 1.165) is 5.56 Å². The van der Waals surface area contributed by atoms with E-state index in [1.165, 1.54) is 11.8 Å². The van der Waals surface area contributed by atoms with Gasteiger partial charge in [0, 0.05) is 13.2 Å². The highest BCUT2D eigenvalue weighted by Crippen LogP contribution is 2.27. The number of carbonyl (C=O) groups excluding carboxylic acids is 1. The number of hydrogen-bond donors (Lipinski definition) is 0. The van der Waals surface area contributed by atoms with Crippen molar-refractivity contribution in [2.24, 2.45) is 9.98 Å². The van der Waals surface area contributed by atoms with E-state index in [0.29, 0.717) is 16.6 Å². The second-order valence-corrected chi connectivity index (χ2v) is 4.86. The molecule has 1 amide bonds. The minimum Gasteiger partial charge on any atom is -0.269 e. The Hall–Kier alpha value is -2.14. The summed E-state index contributed by atoms with van der Waals surface area (Å²) in [6.07, 6.45) is 3.55. The number of amides is 1. The van der Waals surface area contributed by atoms with Gasteiger partial charge < -0.3 is 0 Å². The summed E-state index contributed by atoms with van der Waals surface area (Å²) in [5.74, 6) is 0.395. The van der Waals surface area contributed by atoms with Crippen molar-refractivity contribution in [3.63, 3.8) is 0 Å². The van der Waals surface area contributed by atoms with Crippen LogP contribution in [0.5, 0.6) is 0 Å². The van der Waals surface area contributed by atoms with Crippen LogP contribution in [0.3, 0.4) is 0 Å². The predicted molar refractivity (Wildman–Crippen MR) is 78.8 cm³/mol. The van der Waals surface area contributed by atoms with E-state index in [9.17, 15) is 4.79 Å². The maximum Gasteiger partial charge on any atom is 0.267 e. The molecular formula is C14H11N3OS. The van der Waals surface area contributed by atoms with Crippen molar-refractivity contribution in [1.29, 1.82) is 0 Å².